The number of hydrogen-bond donors (Lipinski definition) is 0. The highest BCUT2D eigenvalue weighted by Crippen LogP contribution is 2.03. The lowest BCUT2D eigenvalue weighted by molar-refractivity contribution is -0.148. The van der Waals surface area contributed by atoms with Crippen LogP contribution in [0.1, 0.15) is 40.0 Å². The van der Waals surface area contributed by atoms with E-state index in [0.717, 1.165) is 19.3 Å². The summed E-state index contributed by atoms with van der Waals surface area (Å²) in [5.74, 6) is 0.00723. The molecule has 0 spiro atoms. The maximum Gasteiger partial charge on any atom is 0.308 e. The van der Waals surface area contributed by atoms with Crippen molar-refractivity contribution in [2.24, 2.45) is 5.92 Å². The minimum Gasteiger partial charge on any atom is -0.465 e. The Morgan fingerprint density at radius 2 is 2.09 bits per heavy atom. The zero-order chi connectivity index (χ0) is 8.69. The average Bonchev–Trinajstić information content (AvgIpc) is 2.03. The third-order valence-electron chi connectivity index (χ3n) is 1.76. The van der Waals surface area contributed by atoms with E-state index in [4.69, 9.17) is 4.74 Å². The van der Waals surface area contributed by atoms with Crippen molar-refractivity contribution in [2.75, 3.05) is 6.61 Å². The molecule has 0 rings (SSSR count). The first-order valence-electron chi connectivity index (χ1n) is 4.39. The molecule has 2 heteroatoms. The van der Waals surface area contributed by atoms with Crippen molar-refractivity contribution < 1.29 is 9.53 Å². The van der Waals surface area contributed by atoms with Gasteiger partial charge in [0.1, 0.15) is 0 Å². The molecule has 11 heavy (non-hydrogen) atoms. The maximum absolute atomic E-state index is 11.0. The molecular formula is C9H18O2. The summed E-state index contributed by atoms with van der Waals surface area (Å²) in [7, 11) is 0. The van der Waals surface area contributed by atoms with Crippen LogP contribution in [0.4, 0.5) is 0 Å². The third-order valence-corrected chi connectivity index (χ3v) is 1.76. The molecule has 0 bridgehead atoms. The molecule has 0 fully saturated rings. The van der Waals surface area contributed by atoms with E-state index in [1.807, 2.05) is 13.8 Å². The Labute approximate surface area is 68.9 Å². The van der Waals surface area contributed by atoms with Gasteiger partial charge in [0, 0.05) is 0 Å². The lowest BCUT2D eigenvalue weighted by atomic mass is 10.1. The maximum atomic E-state index is 11.0. The van der Waals surface area contributed by atoms with Crippen LogP contribution in [0, 0.1) is 5.92 Å². The summed E-state index contributed by atoms with van der Waals surface area (Å²) in [6.07, 6.45) is 2.92. The number of carbonyl (C=O) groups excluding carboxylic acids is 1. The third kappa shape index (κ3) is 4.82. The van der Waals surface area contributed by atoms with Crippen LogP contribution in [0.5, 0.6) is 0 Å². The van der Waals surface area contributed by atoms with Crippen molar-refractivity contribution in [3.63, 3.8) is 0 Å². The number of unbranched alkanes of at least 4 members (excludes halogenated alkanes) is 1. The second-order valence-corrected chi connectivity index (χ2v) is 2.83. The molecule has 0 saturated carbocycles. The van der Waals surface area contributed by atoms with E-state index in [1.54, 1.807) is 0 Å². The molecule has 0 radical (unpaired) electrons. The molecule has 0 unspecified atom stereocenters. The van der Waals surface area contributed by atoms with Crippen LogP contribution in [-0.4, -0.2) is 12.6 Å². The fourth-order valence-electron chi connectivity index (χ4n) is 0.626. The number of esters is 1. The average molecular weight is 158 g/mol. The van der Waals surface area contributed by atoms with Crippen LogP contribution >= 0.6 is 0 Å². The molecule has 0 N–H and O–H groups in total. The lowest BCUT2D eigenvalue weighted by Gasteiger charge is -2.07. The zero-order valence-electron chi connectivity index (χ0n) is 7.72. The Morgan fingerprint density at radius 3 is 2.55 bits per heavy atom. The molecule has 1 atom stereocenters. The van der Waals surface area contributed by atoms with Gasteiger partial charge in [-0.2, -0.15) is 0 Å². The number of hydrogen-bond acceptors (Lipinski definition) is 2. The Kier molecular flexibility index (Phi) is 5.90. The minimum absolute atomic E-state index is 0.0547. The second-order valence-electron chi connectivity index (χ2n) is 2.83. The predicted octanol–water partition coefficient (Wildman–Crippen LogP) is 2.38. The molecule has 0 aromatic rings. The quantitative estimate of drug-likeness (QED) is 0.453. The van der Waals surface area contributed by atoms with Crippen molar-refractivity contribution in [1.29, 1.82) is 0 Å². The van der Waals surface area contributed by atoms with Gasteiger partial charge in [0.05, 0.1) is 12.5 Å². The summed E-state index contributed by atoms with van der Waals surface area (Å²) in [6, 6.07) is 0. The van der Waals surface area contributed by atoms with E-state index in [9.17, 15) is 4.79 Å². The number of carbonyl (C=O) groups is 1. The highest BCUT2D eigenvalue weighted by molar-refractivity contribution is 5.71. The fraction of sp³-hybridized carbons (Fsp3) is 0.889. The van der Waals surface area contributed by atoms with Crippen LogP contribution in [0.3, 0.4) is 0 Å². The molecule has 2 nitrogen and oxygen atoms in total. The molecule has 0 heterocycles. The summed E-state index contributed by atoms with van der Waals surface area (Å²) >= 11 is 0. The van der Waals surface area contributed by atoms with Crippen LogP contribution in [0.25, 0.3) is 0 Å². The van der Waals surface area contributed by atoms with Gasteiger partial charge in [-0.15, -0.1) is 0 Å². The molecule has 0 aromatic carbocycles. The van der Waals surface area contributed by atoms with Gasteiger partial charge >= 0.3 is 5.97 Å². The van der Waals surface area contributed by atoms with Gasteiger partial charge in [-0.1, -0.05) is 27.2 Å². The normalized spacial score (nSPS) is 12.6. The number of ether oxygens (including phenoxy) is 1. The highest BCUT2D eigenvalue weighted by atomic mass is 16.5. The molecule has 0 saturated heterocycles. The van der Waals surface area contributed by atoms with E-state index in [-0.39, 0.29) is 11.9 Å². The van der Waals surface area contributed by atoms with Crippen molar-refractivity contribution in [1.82, 2.24) is 0 Å². The second kappa shape index (κ2) is 6.20. The molecule has 0 amide bonds. The van der Waals surface area contributed by atoms with Crippen LogP contribution in [0.15, 0.2) is 0 Å². The first kappa shape index (κ1) is 10.5. The van der Waals surface area contributed by atoms with Gasteiger partial charge in [-0.25, -0.2) is 0 Å². The van der Waals surface area contributed by atoms with Crippen LogP contribution in [0.2, 0.25) is 0 Å². The van der Waals surface area contributed by atoms with E-state index in [0.29, 0.717) is 6.61 Å². The molecule has 0 aliphatic heterocycles. The Balaban J connectivity index is 3.36. The predicted molar refractivity (Wildman–Crippen MR) is 45.3 cm³/mol. The van der Waals surface area contributed by atoms with E-state index in [2.05, 4.69) is 6.92 Å². The molecular weight excluding hydrogens is 140 g/mol. The summed E-state index contributed by atoms with van der Waals surface area (Å²) in [4.78, 5) is 11.0. The first-order chi connectivity index (χ1) is 5.22. The summed E-state index contributed by atoms with van der Waals surface area (Å²) in [5, 5.41) is 0. The molecule has 0 aliphatic carbocycles. The van der Waals surface area contributed by atoms with Gasteiger partial charge in [0.15, 0.2) is 0 Å². The van der Waals surface area contributed by atoms with Crippen molar-refractivity contribution in [3.05, 3.63) is 0 Å². The van der Waals surface area contributed by atoms with Crippen molar-refractivity contribution in [2.45, 2.75) is 40.0 Å². The highest BCUT2D eigenvalue weighted by Gasteiger charge is 2.10. The monoisotopic (exact) mass is 158 g/mol. The fourth-order valence-corrected chi connectivity index (χ4v) is 0.626. The number of rotatable bonds is 5. The summed E-state index contributed by atoms with van der Waals surface area (Å²) in [6.45, 7) is 6.55. The van der Waals surface area contributed by atoms with Gasteiger partial charge in [-0.3, -0.25) is 4.79 Å². The Morgan fingerprint density at radius 1 is 1.45 bits per heavy atom. The van der Waals surface area contributed by atoms with E-state index in [1.165, 1.54) is 0 Å². The molecule has 66 valence electrons. The Bertz CT molecular complexity index is 110. The van der Waals surface area contributed by atoms with Gasteiger partial charge in [0.25, 0.3) is 0 Å². The minimum atomic E-state index is -0.0547. The van der Waals surface area contributed by atoms with Crippen molar-refractivity contribution in [3.8, 4) is 0 Å². The topological polar surface area (TPSA) is 26.3 Å². The van der Waals surface area contributed by atoms with E-state index < -0.39 is 0 Å². The Hall–Kier alpha value is -0.530. The summed E-state index contributed by atoms with van der Waals surface area (Å²) < 4.78 is 5.00. The smallest absolute Gasteiger partial charge is 0.308 e. The van der Waals surface area contributed by atoms with Crippen molar-refractivity contribution >= 4 is 5.97 Å². The summed E-state index contributed by atoms with van der Waals surface area (Å²) in [5.41, 5.74) is 0. The van der Waals surface area contributed by atoms with Gasteiger partial charge in [0.2, 0.25) is 0 Å². The lowest BCUT2D eigenvalue weighted by Crippen LogP contribution is -2.14. The van der Waals surface area contributed by atoms with Gasteiger partial charge < -0.3 is 4.74 Å². The first-order valence-corrected chi connectivity index (χ1v) is 4.39. The standard InChI is InChI=1S/C9H18O2/c1-4-6-7-11-9(10)8(3)5-2/h8H,4-7H2,1-3H3/t8-/m1/s1. The SMILES string of the molecule is CCCCOC(=O)[C@H](C)CC. The molecule has 0 aromatic heterocycles. The van der Waals surface area contributed by atoms with Crippen LogP contribution in [-0.2, 0) is 9.53 Å². The molecule has 0 aliphatic rings. The van der Waals surface area contributed by atoms with E-state index >= 15 is 0 Å². The van der Waals surface area contributed by atoms with Gasteiger partial charge in [-0.05, 0) is 12.8 Å². The zero-order valence-corrected chi connectivity index (χ0v) is 7.72. The van der Waals surface area contributed by atoms with Crippen LogP contribution < -0.4 is 0 Å². The largest absolute Gasteiger partial charge is 0.465 e.